The summed E-state index contributed by atoms with van der Waals surface area (Å²) in [5, 5.41) is 5.10. The number of amides is 3. The quantitative estimate of drug-likeness (QED) is 0.715. The van der Waals surface area contributed by atoms with Crippen molar-refractivity contribution in [2.45, 2.75) is 44.8 Å². The molecule has 7 heteroatoms. The zero-order valence-electron chi connectivity index (χ0n) is 18.0. The lowest BCUT2D eigenvalue weighted by atomic mass is 9.87. The summed E-state index contributed by atoms with van der Waals surface area (Å²) in [5.41, 5.74) is 1.37. The summed E-state index contributed by atoms with van der Waals surface area (Å²) >= 11 is 0. The van der Waals surface area contributed by atoms with Crippen molar-refractivity contribution in [3.63, 3.8) is 0 Å². The molecule has 2 fully saturated rings. The molecule has 1 unspecified atom stereocenters. The fraction of sp³-hybridized carbons (Fsp3) is 0.500. The molecule has 0 saturated carbocycles. The maximum absolute atomic E-state index is 12.4. The summed E-state index contributed by atoms with van der Waals surface area (Å²) in [5.74, 6) is 1.03. The van der Waals surface area contributed by atoms with Crippen LogP contribution < -0.4 is 10.6 Å². The summed E-state index contributed by atoms with van der Waals surface area (Å²) in [6.45, 7) is 4.69. The molecule has 1 atom stereocenters. The van der Waals surface area contributed by atoms with Gasteiger partial charge in [0.1, 0.15) is 5.76 Å². The van der Waals surface area contributed by atoms with Crippen LogP contribution in [0.2, 0.25) is 0 Å². The van der Waals surface area contributed by atoms with Crippen LogP contribution in [0.4, 0.5) is 4.79 Å². The Balaban J connectivity index is 1.20. The first-order valence-electron chi connectivity index (χ1n) is 11.3. The van der Waals surface area contributed by atoms with Gasteiger partial charge in [0.25, 0.3) is 0 Å². The normalized spacial score (nSPS) is 20.6. The summed E-state index contributed by atoms with van der Waals surface area (Å²) < 4.78 is 5.18. The average molecular weight is 425 g/mol. The van der Waals surface area contributed by atoms with Gasteiger partial charge in [0.15, 0.2) is 0 Å². The Morgan fingerprint density at radius 2 is 1.81 bits per heavy atom. The van der Waals surface area contributed by atoms with Crippen molar-refractivity contribution in [3.05, 3.63) is 60.1 Å². The van der Waals surface area contributed by atoms with Crippen LogP contribution in [-0.2, 0) is 17.9 Å². The van der Waals surface area contributed by atoms with Gasteiger partial charge in [-0.1, -0.05) is 30.3 Å². The number of piperidine rings is 1. The first-order chi connectivity index (χ1) is 15.2. The zero-order chi connectivity index (χ0) is 21.5. The fourth-order valence-electron chi connectivity index (χ4n) is 4.89. The number of imide groups is 1. The summed E-state index contributed by atoms with van der Waals surface area (Å²) in [6.07, 6.45) is 6.15. The van der Waals surface area contributed by atoms with Crippen molar-refractivity contribution in [1.29, 1.82) is 0 Å². The second-order valence-corrected chi connectivity index (χ2v) is 8.59. The van der Waals surface area contributed by atoms with Crippen LogP contribution >= 0.6 is 0 Å². The molecular weight excluding hydrogens is 392 g/mol. The highest BCUT2D eigenvalue weighted by Crippen LogP contribution is 2.31. The number of carbonyl (C=O) groups excluding carboxylic acids is 2. The number of nitrogens with zero attached hydrogens (tertiary/aromatic N) is 2. The number of benzene rings is 1. The maximum atomic E-state index is 12.4. The second-order valence-electron chi connectivity index (χ2n) is 8.59. The van der Waals surface area contributed by atoms with E-state index in [4.69, 9.17) is 4.42 Å². The lowest BCUT2D eigenvalue weighted by Gasteiger charge is -2.38. The number of rotatable bonds is 7. The number of urea groups is 1. The Morgan fingerprint density at radius 3 is 2.55 bits per heavy atom. The van der Waals surface area contributed by atoms with Gasteiger partial charge in [-0.15, -0.1) is 0 Å². The smallest absolute Gasteiger partial charge is 0.321 e. The number of nitrogens with one attached hydrogen (secondary N) is 2. The molecule has 2 aliphatic rings. The summed E-state index contributed by atoms with van der Waals surface area (Å²) in [7, 11) is 0. The first kappa shape index (κ1) is 21.6. The van der Waals surface area contributed by atoms with E-state index in [1.165, 1.54) is 18.4 Å². The predicted octanol–water partition coefficient (Wildman–Crippen LogP) is 2.98. The topological polar surface area (TPSA) is 77.8 Å². The molecule has 1 aromatic heterocycles. The average Bonchev–Trinajstić information content (AvgIpc) is 3.46. The molecule has 0 aliphatic carbocycles. The minimum absolute atomic E-state index is 0.245. The van der Waals surface area contributed by atoms with Crippen LogP contribution in [0.1, 0.15) is 37.0 Å². The Labute approximate surface area is 183 Å². The van der Waals surface area contributed by atoms with Gasteiger partial charge in [0.2, 0.25) is 5.91 Å². The van der Waals surface area contributed by atoms with E-state index in [2.05, 4.69) is 50.8 Å². The molecular formula is C24H32N4O3. The third kappa shape index (κ3) is 6.18. The zero-order valence-corrected chi connectivity index (χ0v) is 18.0. The van der Waals surface area contributed by atoms with E-state index in [1.54, 1.807) is 18.4 Å². The molecule has 2 aliphatic heterocycles. The molecule has 0 spiro atoms. The Hall–Kier alpha value is -2.64. The van der Waals surface area contributed by atoms with E-state index >= 15 is 0 Å². The van der Waals surface area contributed by atoms with Crippen molar-refractivity contribution in [3.8, 4) is 0 Å². The number of likely N-dealkylation sites (tertiary alicyclic amines) is 2. The molecule has 4 rings (SSSR count). The van der Waals surface area contributed by atoms with Crippen molar-refractivity contribution in [1.82, 2.24) is 20.4 Å². The van der Waals surface area contributed by atoms with Crippen molar-refractivity contribution < 1.29 is 14.0 Å². The molecule has 7 nitrogen and oxygen atoms in total. The van der Waals surface area contributed by atoms with Gasteiger partial charge < -0.3 is 9.73 Å². The highest BCUT2D eigenvalue weighted by atomic mass is 16.3. The fourth-order valence-corrected chi connectivity index (χ4v) is 4.89. The van der Waals surface area contributed by atoms with Crippen molar-refractivity contribution in [2.24, 2.45) is 5.92 Å². The van der Waals surface area contributed by atoms with Gasteiger partial charge in [-0.25, -0.2) is 4.79 Å². The van der Waals surface area contributed by atoms with Gasteiger partial charge in [0.05, 0.1) is 19.4 Å². The molecule has 166 valence electrons. The minimum Gasteiger partial charge on any atom is -0.467 e. The van der Waals surface area contributed by atoms with Crippen LogP contribution in [0.25, 0.3) is 0 Å². The van der Waals surface area contributed by atoms with Crippen molar-refractivity contribution in [2.75, 3.05) is 26.2 Å². The SMILES string of the molecule is O=C(CN1CCCC1C1CCN(Cc2ccccc2)CC1)NC(=O)NCc1ccco1. The van der Waals surface area contributed by atoms with E-state index in [0.717, 1.165) is 39.0 Å². The number of hydrogen-bond donors (Lipinski definition) is 2. The third-order valence-corrected chi connectivity index (χ3v) is 6.44. The highest BCUT2D eigenvalue weighted by molar-refractivity contribution is 5.95. The molecule has 0 radical (unpaired) electrons. The van der Waals surface area contributed by atoms with Crippen LogP contribution in [0.3, 0.4) is 0 Å². The van der Waals surface area contributed by atoms with E-state index in [-0.39, 0.29) is 19.0 Å². The Bertz CT molecular complexity index is 832. The number of carbonyl (C=O) groups is 2. The monoisotopic (exact) mass is 424 g/mol. The second kappa shape index (κ2) is 10.6. The van der Waals surface area contributed by atoms with Gasteiger partial charge >= 0.3 is 6.03 Å². The lowest BCUT2D eigenvalue weighted by molar-refractivity contribution is -0.121. The van der Waals surface area contributed by atoms with Gasteiger partial charge in [-0.2, -0.15) is 0 Å². The van der Waals surface area contributed by atoms with Gasteiger partial charge in [-0.05, 0) is 68.9 Å². The molecule has 2 aromatic rings. The largest absolute Gasteiger partial charge is 0.467 e. The Morgan fingerprint density at radius 1 is 1.00 bits per heavy atom. The molecule has 1 aromatic carbocycles. The molecule has 31 heavy (non-hydrogen) atoms. The minimum atomic E-state index is -0.480. The lowest BCUT2D eigenvalue weighted by Crippen LogP contribution is -2.48. The van der Waals surface area contributed by atoms with E-state index < -0.39 is 6.03 Å². The van der Waals surface area contributed by atoms with Gasteiger partial charge in [0, 0.05) is 12.6 Å². The van der Waals surface area contributed by atoms with Gasteiger partial charge in [-0.3, -0.25) is 19.9 Å². The van der Waals surface area contributed by atoms with Crippen molar-refractivity contribution >= 4 is 11.9 Å². The summed E-state index contributed by atoms with van der Waals surface area (Å²) in [6, 6.07) is 14.1. The molecule has 3 heterocycles. The first-order valence-corrected chi connectivity index (χ1v) is 11.3. The molecule has 0 bridgehead atoms. The van der Waals surface area contributed by atoms with Crippen LogP contribution in [0, 0.1) is 5.92 Å². The number of hydrogen-bond acceptors (Lipinski definition) is 5. The van der Waals surface area contributed by atoms with E-state index in [9.17, 15) is 9.59 Å². The summed E-state index contributed by atoms with van der Waals surface area (Å²) in [4.78, 5) is 29.2. The van der Waals surface area contributed by atoms with Crippen LogP contribution in [0.15, 0.2) is 53.1 Å². The molecule has 2 N–H and O–H groups in total. The molecule has 3 amide bonds. The van der Waals surface area contributed by atoms with E-state index in [1.807, 2.05) is 0 Å². The van der Waals surface area contributed by atoms with E-state index in [0.29, 0.717) is 17.7 Å². The standard InChI is InChI=1S/C24H32N4O3/c29-23(26-24(30)25-16-21-8-5-15-31-21)18-28-12-4-9-22(28)20-10-13-27(14-11-20)17-19-6-2-1-3-7-19/h1-3,5-8,15,20,22H,4,9-14,16-18H2,(H2,25,26,29,30). The van der Waals surface area contributed by atoms with Crippen LogP contribution in [-0.4, -0.2) is 54.0 Å². The van der Waals surface area contributed by atoms with Crippen LogP contribution in [0.5, 0.6) is 0 Å². The molecule has 2 saturated heterocycles. The Kier molecular flexibility index (Phi) is 7.38. The number of furan rings is 1. The highest BCUT2D eigenvalue weighted by Gasteiger charge is 2.34. The predicted molar refractivity (Wildman–Crippen MR) is 118 cm³/mol. The third-order valence-electron chi connectivity index (χ3n) is 6.44. The maximum Gasteiger partial charge on any atom is 0.321 e.